The van der Waals surface area contributed by atoms with Crippen LogP contribution in [0.2, 0.25) is 19.6 Å². The molecule has 0 aliphatic rings. The molecule has 0 fully saturated rings. The minimum absolute atomic E-state index is 0.486. The lowest BCUT2D eigenvalue weighted by Crippen LogP contribution is -2.51. The topological polar surface area (TPSA) is 55.4 Å². The highest BCUT2D eigenvalue weighted by atomic mass is 28.4. The molecule has 0 rings (SSSR count). The zero-order chi connectivity index (χ0) is 14.7. The molecule has 0 aromatic heterocycles. The van der Waals surface area contributed by atoms with E-state index in [1.165, 1.54) is 13.8 Å². The van der Waals surface area contributed by atoms with E-state index in [-0.39, 0.29) is 0 Å². The van der Waals surface area contributed by atoms with Crippen LogP contribution in [-0.2, 0) is 14.0 Å². The van der Waals surface area contributed by atoms with Crippen molar-refractivity contribution in [3.63, 3.8) is 0 Å². The van der Waals surface area contributed by atoms with Crippen LogP contribution in [0.1, 0.15) is 13.8 Å². The summed E-state index contributed by atoms with van der Waals surface area (Å²) in [6.07, 6.45) is -5.01. The Bertz CT molecular complexity index is 323. The molecule has 0 unspecified atom stereocenters. The third-order valence-electron chi connectivity index (χ3n) is 1.87. The van der Waals surface area contributed by atoms with Gasteiger partial charge in [0.25, 0.3) is 0 Å². The predicted octanol–water partition coefficient (Wildman–Crippen LogP) is 2.07. The molecule has 18 heavy (non-hydrogen) atoms. The van der Waals surface area contributed by atoms with Crippen molar-refractivity contribution in [1.29, 1.82) is 0 Å². The fourth-order valence-corrected chi connectivity index (χ4v) is 1.82. The van der Waals surface area contributed by atoms with E-state index in [1.54, 1.807) is 25.0 Å². The Morgan fingerprint density at radius 3 is 1.89 bits per heavy atom. The van der Waals surface area contributed by atoms with Crippen LogP contribution < -0.4 is 5.32 Å². The summed E-state index contributed by atoms with van der Waals surface area (Å²) in [7, 11) is -2.21. The third-order valence-corrected chi connectivity index (χ3v) is 2.68. The standard InChI is InChI=1S/C10H18F3NO3Si/c1-6(2)7(8(15)17-18(3,4)5)14-9(16)10(11,12)13/h6-7H,1-5H3,(H,14,16)/t7-/m0/s1. The molecule has 0 aliphatic carbocycles. The molecule has 1 amide bonds. The van der Waals surface area contributed by atoms with Gasteiger partial charge in [-0.3, -0.25) is 9.59 Å². The lowest BCUT2D eigenvalue weighted by molar-refractivity contribution is -0.175. The zero-order valence-electron chi connectivity index (χ0n) is 11.0. The first kappa shape index (κ1) is 16.9. The van der Waals surface area contributed by atoms with Gasteiger partial charge in [-0.2, -0.15) is 13.2 Å². The van der Waals surface area contributed by atoms with Crippen LogP contribution in [0.3, 0.4) is 0 Å². The highest BCUT2D eigenvalue weighted by Gasteiger charge is 2.42. The summed E-state index contributed by atoms with van der Waals surface area (Å²) in [5.74, 6) is -3.43. The summed E-state index contributed by atoms with van der Waals surface area (Å²) in [5.41, 5.74) is 0. The fourth-order valence-electron chi connectivity index (χ4n) is 1.09. The van der Waals surface area contributed by atoms with E-state index in [0.29, 0.717) is 0 Å². The Balaban J connectivity index is 4.79. The average molecular weight is 285 g/mol. The van der Waals surface area contributed by atoms with E-state index in [4.69, 9.17) is 4.43 Å². The Labute approximate surface area is 105 Å². The molecule has 0 spiro atoms. The lowest BCUT2D eigenvalue weighted by atomic mass is 10.1. The zero-order valence-corrected chi connectivity index (χ0v) is 12.0. The molecular formula is C10H18F3NO3Si. The van der Waals surface area contributed by atoms with E-state index in [9.17, 15) is 22.8 Å². The highest BCUT2D eigenvalue weighted by molar-refractivity contribution is 6.71. The summed E-state index contributed by atoms with van der Waals surface area (Å²) in [6.45, 7) is 8.26. The maximum absolute atomic E-state index is 12.1. The molecular weight excluding hydrogens is 267 g/mol. The Morgan fingerprint density at radius 1 is 1.17 bits per heavy atom. The number of hydrogen-bond acceptors (Lipinski definition) is 3. The number of carbonyl (C=O) groups excluding carboxylic acids is 2. The molecule has 106 valence electrons. The second-order valence-corrected chi connectivity index (χ2v) is 9.66. The van der Waals surface area contributed by atoms with E-state index in [2.05, 4.69) is 0 Å². The van der Waals surface area contributed by atoms with Gasteiger partial charge in [-0.25, -0.2) is 0 Å². The molecule has 0 aromatic rings. The van der Waals surface area contributed by atoms with Crippen LogP contribution in [0.25, 0.3) is 0 Å². The first-order chi connectivity index (χ1) is 7.84. The van der Waals surface area contributed by atoms with Crippen LogP contribution in [0.5, 0.6) is 0 Å². The van der Waals surface area contributed by atoms with Crippen molar-refractivity contribution >= 4 is 20.2 Å². The van der Waals surface area contributed by atoms with Crippen LogP contribution in [0, 0.1) is 5.92 Å². The fraction of sp³-hybridized carbons (Fsp3) is 0.800. The van der Waals surface area contributed by atoms with Crippen LogP contribution in [0.4, 0.5) is 13.2 Å². The molecule has 1 N–H and O–H groups in total. The first-order valence-corrected chi connectivity index (χ1v) is 8.86. The summed E-state index contributed by atoms with van der Waals surface area (Å²) in [6, 6.07) is -1.29. The number of nitrogens with one attached hydrogen (secondary N) is 1. The van der Waals surface area contributed by atoms with Crippen LogP contribution >= 0.6 is 0 Å². The van der Waals surface area contributed by atoms with Gasteiger partial charge < -0.3 is 9.74 Å². The minimum Gasteiger partial charge on any atom is -0.518 e. The average Bonchev–Trinajstić information content (AvgIpc) is 2.07. The Morgan fingerprint density at radius 2 is 1.61 bits per heavy atom. The number of hydrogen-bond donors (Lipinski definition) is 1. The van der Waals surface area contributed by atoms with Crippen molar-refractivity contribution in [3.8, 4) is 0 Å². The smallest absolute Gasteiger partial charge is 0.471 e. The molecule has 0 saturated carbocycles. The third kappa shape index (κ3) is 6.04. The van der Waals surface area contributed by atoms with Gasteiger partial charge in [-0.05, 0) is 25.6 Å². The van der Waals surface area contributed by atoms with Crippen molar-refractivity contribution in [2.45, 2.75) is 45.7 Å². The predicted molar refractivity (Wildman–Crippen MR) is 62.3 cm³/mol. The summed E-state index contributed by atoms with van der Waals surface area (Å²) in [4.78, 5) is 22.5. The minimum atomic E-state index is -5.01. The molecule has 8 heteroatoms. The van der Waals surface area contributed by atoms with Gasteiger partial charge in [0.1, 0.15) is 6.04 Å². The second-order valence-electron chi connectivity index (χ2n) is 5.23. The maximum atomic E-state index is 12.1. The van der Waals surface area contributed by atoms with E-state index < -0.39 is 38.3 Å². The van der Waals surface area contributed by atoms with Crippen LogP contribution in [-0.4, -0.2) is 32.4 Å². The molecule has 0 radical (unpaired) electrons. The van der Waals surface area contributed by atoms with Crippen molar-refractivity contribution < 1.29 is 27.2 Å². The number of alkyl halides is 3. The summed E-state index contributed by atoms with van der Waals surface area (Å²) >= 11 is 0. The molecule has 0 heterocycles. The highest BCUT2D eigenvalue weighted by Crippen LogP contribution is 2.17. The lowest BCUT2D eigenvalue weighted by Gasteiger charge is -2.26. The van der Waals surface area contributed by atoms with Gasteiger partial charge in [-0.1, -0.05) is 13.8 Å². The molecule has 0 aromatic carbocycles. The first-order valence-electron chi connectivity index (χ1n) is 5.45. The van der Waals surface area contributed by atoms with E-state index >= 15 is 0 Å². The van der Waals surface area contributed by atoms with Gasteiger partial charge in [0.05, 0.1) is 0 Å². The monoisotopic (exact) mass is 285 g/mol. The molecule has 0 saturated heterocycles. The van der Waals surface area contributed by atoms with Gasteiger partial charge in [0.2, 0.25) is 8.32 Å². The van der Waals surface area contributed by atoms with Crippen molar-refractivity contribution in [2.24, 2.45) is 5.92 Å². The number of halogens is 3. The molecule has 0 bridgehead atoms. The van der Waals surface area contributed by atoms with Gasteiger partial charge in [-0.15, -0.1) is 0 Å². The number of carbonyl (C=O) groups is 2. The molecule has 0 aliphatic heterocycles. The van der Waals surface area contributed by atoms with Gasteiger partial charge in [0, 0.05) is 0 Å². The largest absolute Gasteiger partial charge is 0.518 e. The Hall–Kier alpha value is -1.05. The van der Waals surface area contributed by atoms with Gasteiger partial charge >= 0.3 is 18.1 Å². The SMILES string of the molecule is CC(C)[C@H](NC(=O)C(F)(F)F)C(=O)O[Si](C)(C)C. The van der Waals surface area contributed by atoms with Crippen molar-refractivity contribution in [1.82, 2.24) is 5.32 Å². The number of amides is 1. The van der Waals surface area contributed by atoms with Crippen LogP contribution in [0.15, 0.2) is 0 Å². The molecule has 4 nitrogen and oxygen atoms in total. The Kier molecular flexibility index (Phi) is 5.39. The molecule has 1 atom stereocenters. The van der Waals surface area contributed by atoms with E-state index in [0.717, 1.165) is 0 Å². The van der Waals surface area contributed by atoms with Crippen molar-refractivity contribution in [2.75, 3.05) is 0 Å². The second kappa shape index (κ2) is 5.72. The normalized spacial score (nSPS) is 14.3. The maximum Gasteiger partial charge on any atom is 0.471 e. The van der Waals surface area contributed by atoms with Gasteiger partial charge in [0.15, 0.2) is 0 Å². The summed E-state index contributed by atoms with van der Waals surface area (Å²) in [5, 5.41) is 1.66. The summed E-state index contributed by atoms with van der Waals surface area (Å²) < 4.78 is 41.4. The quantitative estimate of drug-likeness (QED) is 0.804. The number of rotatable bonds is 4. The van der Waals surface area contributed by atoms with Crippen molar-refractivity contribution in [3.05, 3.63) is 0 Å². The van der Waals surface area contributed by atoms with E-state index in [1.807, 2.05) is 0 Å².